The number of rotatable bonds is 5. The van der Waals surface area contributed by atoms with Crippen molar-refractivity contribution >= 4 is 17.7 Å². The number of halogens is 1. The van der Waals surface area contributed by atoms with Gasteiger partial charge in [-0.05, 0) is 44.2 Å². The summed E-state index contributed by atoms with van der Waals surface area (Å²) < 4.78 is 26.2. The number of hydrogen-bond acceptors (Lipinski definition) is 9. The van der Waals surface area contributed by atoms with Gasteiger partial charge in [0.15, 0.2) is 17.4 Å². The molecule has 0 aliphatic carbocycles. The van der Waals surface area contributed by atoms with Crippen molar-refractivity contribution in [2.45, 2.75) is 26.0 Å². The maximum absolute atomic E-state index is 14.8. The van der Waals surface area contributed by atoms with Crippen molar-refractivity contribution in [1.82, 2.24) is 24.8 Å². The molecule has 2 aromatic heterocycles. The topological polar surface area (TPSA) is 120 Å². The highest BCUT2D eigenvalue weighted by molar-refractivity contribution is 5.94. The largest absolute Gasteiger partial charge is 0.421 e. The van der Waals surface area contributed by atoms with Gasteiger partial charge in [-0.2, -0.15) is 15.0 Å². The summed E-state index contributed by atoms with van der Waals surface area (Å²) in [5, 5.41) is 0. The lowest BCUT2D eigenvalue weighted by atomic mass is 10.2. The van der Waals surface area contributed by atoms with E-state index in [9.17, 15) is 9.18 Å². The molecular weight excluding hydrogens is 441 g/mol. The van der Waals surface area contributed by atoms with E-state index in [1.807, 2.05) is 18.7 Å². The Balaban J connectivity index is 1.72. The minimum atomic E-state index is -0.710. The van der Waals surface area contributed by atoms with Crippen molar-refractivity contribution < 1.29 is 18.7 Å². The van der Waals surface area contributed by atoms with E-state index in [1.54, 1.807) is 32.4 Å². The van der Waals surface area contributed by atoms with Gasteiger partial charge in [0.25, 0.3) is 5.91 Å². The Kier molecular flexibility index (Phi) is 6.55. The summed E-state index contributed by atoms with van der Waals surface area (Å²) in [5.41, 5.74) is 6.51. The number of benzene rings is 1. The third kappa shape index (κ3) is 5.04. The number of carbonyl (C=O) groups is 1. The van der Waals surface area contributed by atoms with E-state index in [2.05, 4.69) is 19.9 Å². The van der Waals surface area contributed by atoms with Gasteiger partial charge in [-0.25, -0.2) is 9.37 Å². The molecule has 0 bridgehead atoms. The van der Waals surface area contributed by atoms with E-state index in [-0.39, 0.29) is 35.4 Å². The normalized spacial score (nSPS) is 18.0. The SMILES string of the molecule is C[C@@H]1CN(c2nc(Oc3ccc(C(=O)N(C)C)cc3F)nc(-c3ccc(N)nc3)n2)[C@@H](C)CO1. The molecule has 34 heavy (non-hydrogen) atoms. The van der Waals surface area contributed by atoms with Crippen LogP contribution < -0.4 is 15.4 Å². The Labute approximate surface area is 196 Å². The Morgan fingerprint density at radius 3 is 2.68 bits per heavy atom. The Bertz CT molecular complexity index is 1190. The molecule has 4 rings (SSSR count). The molecule has 1 fully saturated rings. The van der Waals surface area contributed by atoms with Gasteiger partial charge in [0.2, 0.25) is 5.95 Å². The quantitative estimate of drug-likeness (QED) is 0.604. The zero-order valence-electron chi connectivity index (χ0n) is 19.4. The average Bonchev–Trinajstić information content (AvgIpc) is 2.81. The molecule has 1 amide bonds. The van der Waals surface area contributed by atoms with Crippen molar-refractivity contribution in [2.75, 3.05) is 37.9 Å². The first-order valence-corrected chi connectivity index (χ1v) is 10.8. The van der Waals surface area contributed by atoms with Crippen molar-refractivity contribution in [3.8, 4) is 23.1 Å². The monoisotopic (exact) mass is 467 g/mol. The minimum Gasteiger partial charge on any atom is -0.421 e. The smallest absolute Gasteiger partial charge is 0.327 e. The zero-order valence-corrected chi connectivity index (χ0v) is 19.4. The average molecular weight is 468 g/mol. The number of anilines is 2. The fraction of sp³-hybridized carbons (Fsp3) is 0.348. The number of nitrogen functional groups attached to an aromatic ring is 1. The van der Waals surface area contributed by atoms with Gasteiger partial charge >= 0.3 is 6.01 Å². The summed E-state index contributed by atoms with van der Waals surface area (Å²) in [6.45, 7) is 5.05. The Morgan fingerprint density at radius 2 is 2.00 bits per heavy atom. The fourth-order valence-electron chi connectivity index (χ4n) is 3.44. The van der Waals surface area contributed by atoms with Crippen LogP contribution in [0.15, 0.2) is 36.5 Å². The van der Waals surface area contributed by atoms with E-state index in [4.69, 9.17) is 15.2 Å². The third-order valence-electron chi connectivity index (χ3n) is 5.30. The first-order valence-electron chi connectivity index (χ1n) is 10.8. The maximum atomic E-state index is 14.8. The van der Waals surface area contributed by atoms with Crippen LogP contribution in [0.5, 0.6) is 11.8 Å². The molecule has 3 aromatic rings. The second-order valence-electron chi connectivity index (χ2n) is 8.31. The van der Waals surface area contributed by atoms with E-state index < -0.39 is 5.82 Å². The second kappa shape index (κ2) is 9.56. The molecule has 2 atom stereocenters. The minimum absolute atomic E-state index is 0.0110. The Hall–Kier alpha value is -3.86. The van der Waals surface area contributed by atoms with Crippen LogP contribution in [0.25, 0.3) is 11.4 Å². The van der Waals surface area contributed by atoms with Crippen LogP contribution in [-0.2, 0) is 4.74 Å². The maximum Gasteiger partial charge on any atom is 0.327 e. The number of pyridine rings is 1. The molecule has 1 aliphatic heterocycles. The van der Waals surface area contributed by atoms with Crippen LogP contribution in [0, 0.1) is 5.82 Å². The van der Waals surface area contributed by atoms with Gasteiger partial charge in [0, 0.05) is 38.0 Å². The van der Waals surface area contributed by atoms with Gasteiger partial charge < -0.3 is 25.0 Å². The predicted octanol–water partition coefficient (Wildman–Crippen LogP) is 2.76. The van der Waals surface area contributed by atoms with E-state index in [1.165, 1.54) is 17.0 Å². The molecule has 0 spiro atoms. The molecule has 10 nitrogen and oxygen atoms in total. The summed E-state index contributed by atoms with van der Waals surface area (Å²) in [4.78, 5) is 33.0. The van der Waals surface area contributed by atoms with Gasteiger partial charge in [-0.3, -0.25) is 4.79 Å². The van der Waals surface area contributed by atoms with Crippen LogP contribution in [0.3, 0.4) is 0 Å². The van der Waals surface area contributed by atoms with Crippen molar-refractivity contribution in [3.63, 3.8) is 0 Å². The lowest BCUT2D eigenvalue weighted by Gasteiger charge is -2.36. The molecule has 0 radical (unpaired) electrons. The summed E-state index contributed by atoms with van der Waals surface area (Å²) >= 11 is 0. The standard InChI is InChI=1S/C23H26FN7O3/c1-13-12-33-14(2)11-31(13)22-27-20(16-6-8-19(25)26-10-16)28-23(29-22)34-18-7-5-15(9-17(18)24)21(32)30(3)4/h5-10,13-14H,11-12H2,1-4H3,(H2,25,26)/t13-,14+/m0/s1. The Morgan fingerprint density at radius 1 is 1.21 bits per heavy atom. The number of morpholine rings is 1. The number of ether oxygens (including phenoxy) is 2. The number of nitrogens with two attached hydrogens (primary N) is 1. The van der Waals surface area contributed by atoms with Crippen molar-refractivity contribution in [1.29, 1.82) is 0 Å². The van der Waals surface area contributed by atoms with Crippen LogP contribution in [0.1, 0.15) is 24.2 Å². The predicted molar refractivity (Wildman–Crippen MR) is 124 cm³/mol. The fourth-order valence-corrected chi connectivity index (χ4v) is 3.44. The molecule has 3 heterocycles. The van der Waals surface area contributed by atoms with Gasteiger partial charge in [0.05, 0.1) is 18.8 Å². The van der Waals surface area contributed by atoms with Crippen molar-refractivity contribution in [3.05, 3.63) is 47.9 Å². The highest BCUT2D eigenvalue weighted by atomic mass is 19.1. The van der Waals surface area contributed by atoms with Crippen molar-refractivity contribution in [2.24, 2.45) is 0 Å². The summed E-state index contributed by atoms with van der Waals surface area (Å²) in [5.74, 6) is -0.102. The number of carbonyl (C=O) groups excluding carboxylic acids is 1. The van der Waals surface area contributed by atoms with E-state index in [0.29, 0.717) is 36.3 Å². The number of amides is 1. The third-order valence-corrected chi connectivity index (χ3v) is 5.30. The van der Waals surface area contributed by atoms with Crippen LogP contribution in [0.2, 0.25) is 0 Å². The molecule has 0 unspecified atom stereocenters. The first-order chi connectivity index (χ1) is 16.2. The van der Waals surface area contributed by atoms with Crippen LogP contribution in [-0.4, -0.2) is 70.1 Å². The number of hydrogen-bond donors (Lipinski definition) is 1. The van der Waals surface area contributed by atoms with Gasteiger partial charge in [-0.15, -0.1) is 0 Å². The van der Waals surface area contributed by atoms with Crippen LogP contribution in [0.4, 0.5) is 16.2 Å². The summed E-state index contributed by atoms with van der Waals surface area (Å²) in [6.07, 6.45) is 1.53. The summed E-state index contributed by atoms with van der Waals surface area (Å²) in [7, 11) is 3.19. The molecule has 1 aliphatic rings. The number of nitrogens with zero attached hydrogens (tertiary/aromatic N) is 6. The lowest BCUT2D eigenvalue weighted by Crippen LogP contribution is -2.48. The van der Waals surface area contributed by atoms with E-state index in [0.717, 1.165) is 6.07 Å². The molecule has 11 heteroatoms. The number of aromatic nitrogens is 4. The summed E-state index contributed by atoms with van der Waals surface area (Å²) in [6, 6.07) is 7.28. The highest BCUT2D eigenvalue weighted by Crippen LogP contribution is 2.28. The van der Waals surface area contributed by atoms with Gasteiger partial charge in [-0.1, -0.05) is 0 Å². The molecule has 178 valence electrons. The highest BCUT2D eigenvalue weighted by Gasteiger charge is 2.27. The zero-order chi connectivity index (χ0) is 24.4. The van der Waals surface area contributed by atoms with Gasteiger partial charge in [0.1, 0.15) is 5.82 Å². The van der Waals surface area contributed by atoms with Crippen LogP contribution >= 0.6 is 0 Å². The molecule has 1 saturated heterocycles. The molecular formula is C23H26FN7O3. The molecule has 1 aromatic carbocycles. The second-order valence-corrected chi connectivity index (χ2v) is 8.31. The molecule has 0 saturated carbocycles. The van der Waals surface area contributed by atoms with E-state index >= 15 is 0 Å². The first kappa shape index (κ1) is 23.3. The molecule has 2 N–H and O–H groups in total. The lowest BCUT2D eigenvalue weighted by molar-refractivity contribution is 0.0336.